The number of aromatic nitrogens is 3. The van der Waals surface area contributed by atoms with Crippen molar-refractivity contribution in [2.75, 3.05) is 0 Å². The number of ether oxygens (including phenoxy) is 1. The molecule has 0 spiro atoms. The summed E-state index contributed by atoms with van der Waals surface area (Å²) in [7, 11) is -4.06. The molecule has 3 aromatic heterocycles. The molecule has 1 aliphatic carbocycles. The largest absolute Gasteiger partial charge is 0.456 e. The lowest BCUT2D eigenvalue weighted by Gasteiger charge is -2.24. The van der Waals surface area contributed by atoms with Crippen LogP contribution < -0.4 is 8.71 Å². The average Bonchev–Trinajstić information content (AvgIpc) is 3.33. The molecule has 0 saturated carbocycles. The van der Waals surface area contributed by atoms with E-state index in [0.29, 0.717) is 34.0 Å². The molecule has 33 heavy (non-hydrogen) atoms. The molecule has 4 aromatic rings. The SMILES string of the molecule is Cc1nc2ccc(Oc3cc4c[n+](S(=O)(=O)C5C=CCC(C(F)(F)F)C5)ccn4c3)cc2o1. The molecule has 0 saturated heterocycles. The quantitative estimate of drug-likeness (QED) is 0.318. The first-order chi connectivity index (χ1) is 15.6. The Morgan fingerprint density at radius 3 is 2.85 bits per heavy atom. The second-order valence-electron chi connectivity index (χ2n) is 7.95. The van der Waals surface area contributed by atoms with Crippen molar-refractivity contribution in [3.05, 3.63) is 67.1 Å². The van der Waals surface area contributed by atoms with Crippen LogP contribution in [-0.2, 0) is 10.0 Å². The molecule has 0 N–H and O–H groups in total. The van der Waals surface area contributed by atoms with Crippen LogP contribution in [0.25, 0.3) is 16.6 Å². The predicted octanol–water partition coefficient (Wildman–Crippen LogP) is 4.54. The molecule has 2 unspecified atom stereocenters. The fourth-order valence-electron chi connectivity index (χ4n) is 3.94. The molecule has 0 radical (unpaired) electrons. The van der Waals surface area contributed by atoms with Crippen molar-refractivity contribution in [2.24, 2.45) is 5.92 Å². The van der Waals surface area contributed by atoms with Crippen LogP contribution in [0.4, 0.5) is 13.2 Å². The van der Waals surface area contributed by atoms with Gasteiger partial charge in [-0.2, -0.15) is 21.6 Å². The molecule has 1 aromatic carbocycles. The van der Waals surface area contributed by atoms with Gasteiger partial charge in [0.2, 0.25) is 12.4 Å². The Morgan fingerprint density at radius 1 is 1.24 bits per heavy atom. The highest BCUT2D eigenvalue weighted by Crippen LogP contribution is 2.36. The third-order valence-corrected chi connectivity index (χ3v) is 7.55. The Bertz CT molecular complexity index is 1490. The van der Waals surface area contributed by atoms with Gasteiger partial charge in [0.05, 0.1) is 18.3 Å². The summed E-state index contributed by atoms with van der Waals surface area (Å²) in [6, 6.07) is 6.85. The van der Waals surface area contributed by atoms with Crippen molar-refractivity contribution in [2.45, 2.75) is 31.2 Å². The number of fused-ring (bicyclic) bond motifs is 2. The van der Waals surface area contributed by atoms with E-state index in [-0.39, 0.29) is 6.42 Å². The number of rotatable bonds is 4. The first kappa shape index (κ1) is 21.5. The zero-order valence-electron chi connectivity index (χ0n) is 17.4. The number of nitrogens with zero attached hydrogens (tertiary/aromatic N) is 3. The van der Waals surface area contributed by atoms with Crippen LogP contribution in [-0.4, -0.2) is 29.2 Å². The zero-order chi connectivity index (χ0) is 23.4. The molecule has 172 valence electrons. The Morgan fingerprint density at radius 2 is 2.06 bits per heavy atom. The summed E-state index contributed by atoms with van der Waals surface area (Å²) in [5, 5.41) is -1.26. The predicted molar refractivity (Wildman–Crippen MR) is 112 cm³/mol. The van der Waals surface area contributed by atoms with E-state index in [9.17, 15) is 21.6 Å². The van der Waals surface area contributed by atoms with Crippen LogP contribution >= 0.6 is 0 Å². The minimum Gasteiger partial charge on any atom is -0.456 e. The van der Waals surface area contributed by atoms with Gasteiger partial charge in [0.1, 0.15) is 27.8 Å². The first-order valence-electron chi connectivity index (χ1n) is 10.2. The van der Waals surface area contributed by atoms with Gasteiger partial charge < -0.3 is 13.6 Å². The molecule has 11 heteroatoms. The number of hydrogen-bond acceptors (Lipinski definition) is 5. The van der Waals surface area contributed by atoms with E-state index in [2.05, 4.69) is 4.98 Å². The Balaban J connectivity index is 1.41. The maximum atomic E-state index is 13.1. The Hall–Kier alpha value is -3.34. The summed E-state index contributed by atoms with van der Waals surface area (Å²) in [5.41, 5.74) is 1.79. The number of oxazole rings is 1. The molecule has 0 aliphatic heterocycles. The molecule has 7 nitrogen and oxygen atoms in total. The average molecular weight is 478 g/mol. The number of aryl methyl sites for hydroxylation is 1. The van der Waals surface area contributed by atoms with Crippen LogP contribution in [0.5, 0.6) is 11.5 Å². The first-order valence-corrected chi connectivity index (χ1v) is 11.7. The van der Waals surface area contributed by atoms with Gasteiger partial charge in [-0.3, -0.25) is 0 Å². The van der Waals surface area contributed by atoms with Gasteiger partial charge in [0, 0.05) is 19.1 Å². The van der Waals surface area contributed by atoms with Gasteiger partial charge in [-0.1, -0.05) is 16.1 Å². The van der Waals surface area contributed by atoms with Crippen molar-refractivity contribution in [1.29, 1.82) is 0 Å². The van der Waals surface area contributed by atoms with E-state index < -0.39 is 33.8 Å². The third-order valence-electron chi connectivity index (χ3n) is 5.62. The number of hydrogen-bond donors (Lipinski definition) is 0. The molecular formula is C22H19F3N3O4S+. The van der Waals surface area contributed by atoms with E-state index >= 15 is 0 Å². The van der Waals surface area contributed by atoms with Crippen LogP contribution in [0.1, 0.15) is 18.7 Å². The van der Waals surface area contributed by atoms with Crippen LogP contribution in [0.2, 0.25) is 0 Å². The summed E-state index contributed by atoms with van der Waals surface area (Å²) < 4.78 is 79.4. The summed E-state index contributed by atoms with van der Waals surface area (Å²) in [6.45, 7) is 1.75. The third kappa shape index (κ3) is 4.08. The molecule has 0 bridgehead atoms. The van der Waals surface area contributed by atoms with Gasteiger partial charge in [-0.25, -0.2) is 4.98 Å². The highest BCUT2D eigenvalue weighted by Gasteiger charge is 2.45. The van der Waals surface area contributed by atoms with Crippen LogP contribution in [0.15, 0.2) is 65.6 Å². The maximum absolute atomic E-state index is 13.1. The molecular weight excluding hydrogens is 459 g/mol. The second kappa shape index (κ2) is 7.62. The molecule has 3 heterocycles. The second-order valence-corrected chi connectivity index (χ2v) is 10.0. The van der Waals surface area contributed by atoms with Gasteiger partial charge in [-0.15, -0.1) is 0 Å². The minimum absolute atomic E-state index is 0.210. The highest BCUT2D eigenvalue weighted by molar-refractivity contribution is 7.85. The molecule has 0 amide bonds. The lowest BCUT2D eigenvalue weighted by atomic mass is 9.94. The van der Waals surface area contributed by atoms with Gasteiger partial charge in [0.15, 0.2) is 11.5 Å². The van der Waals surface area contributed by atoms with E-state index in [4.69, 9.17) is 9.15 Å². The van der Waals surface area contributed by atoms with E-state index in [0.717, 1.165) is 3.97 Å². The van der Waals surface area contributed by atoms with E-state index in [1.54, 1.807) is 41.8 Å². The number of allylic oxidation sites excluding steroid dienone is 1. The monoisotopic (exact) mass is 478 g/mol. The fourth-order valence-corrected chi connectivity index (χ4v) is 5.52. The Kier molecular flexibility index (Phi) is 4.96. The molecule has 5 rings (SSSR count). The van der Waals surface area contributed by atoms with E-state index in [1.165, 1.54) is 30.7 Å². The zero-order valence-corrected chi connectivity index (χ0v) is 18.2. The molecule has 0 fully saturated rings. The van der Waals surface area contributed by atoms with E-state index in [1.807, 2.05) is 0 Å². The van der Waals surface area contributed by atoms with Crippen LogP contribution in [0.3, 0.4) is 0 Å². The summed E-state index contributed by atoms with van der Waals surface area (Å²) in [5.74, 6) is -0.168. The van der Waals surface area contributed by atoms with Crippen molar-refractivity contribution in [3.8, 4) is 11.5 Å². The number of halogens is 3. The Labute approximate surface area is 186 Å². The smallest absolute Gasteiger partial charge is 0.392 e. The van der Waals surface area contributed by atoms with Gasteiger partial charge in [0.25, 0.3) is 0 Å². The lowest BCUT2D eigenvalue weighted by Crippen LogP contribution is -2.49. The van der Waals surface area contributed by atoms with Gasteiger partial charge in [-0.05, 0) is 25.0 Å². The van der Waals surface area contributed by atoms with Crippen molar-refractivity contribution < 1.29 is 34.7 Å². The molecule has 2 atom stereocenters. The van der Waals surface area contributed by atoms with Crippen molar-refractivity contribution in [3.63, 3.8) is 0 Å². The normalized spacial score (nSPS) is 19.4. The molecule has 1 aliphatic rings. The maximum Gasteiger partial charge on any atom is 0.392 e. The fraction of sp³-hybridized carbons (Fsp3) is 0.273. The van der Waals surface area contributed by atoms with Crippen LogP contribution in [0, 0.1) is 12.8 Å². The van der Waals surface area contributed by atoms with Crippen molar-refractivity contribution >= 4 is 26.6 Å². The minimum atomic E-state index is -4.44. The van der Waals surface area contributed by atoms with Crippen molar-refractivity contribution in [1.82, 2.24) is 9.38 Å². The summed E-state index contributed by atoms with van der Waals surface area (Å²) >= 11 is 0. The number of benzene rings is 1. The topological polar surface area (TPSA) is 77.7 Å². The lowest BCUT2D eigenvalue weighted by molar-refractivity contribution is -0.511. The standard InChI is InChI=1S/C22H19F3N3O4S/c1-14-26-20-6-5-17(11-21(20)31-14)32-18-10-16-12-28(8-7-27(16)13-18)33(29,30)19-4-2-3-15(9-19)22(23,24)25/h2,4-8,10-13,15,19H,3,9H2,1H3/q+1. The highest BCUT2D eigenvalue weighted by atomic mass is 32.2. The number of alkyl halides is 3. The van der Waals surface area contributed by atoms with Gasteiger partial charge >= 0.3 is 16.2 Å². The summed E-state index contributed by atoms with van der Waals surface area (Å²) in [6.07, 6.45) is 3.32. The summed E-state index contributed by atoms with van der Waals surface area (Å²) in [4.78, 5) is 4.23.